The molecular formula is C17H24N2O. The van der Waals surface area contributed by atoms with Gasteiger partial charge < -0.3 is 4.74 Å². The Morgan fingerprint density at radius 1 is 1.15 bits per heavy atom. The molecule has 20 heavy (non-hydrogen) atoms. The first-order valence-electron chi connectivity index (χ1n) is 7.23. The minimum absolute atomic E-state index is 0.195. The van der Waals surface area contributed by atoms with Gasteiger partial charge in [-0.2, -0.15) is 5.10 Å². The normalized spacial score (nSPS) is 11.6. The summed E-state index contributed by atoms with van der Waals surface area (Å²) >= 11 is 0. The van der Waals surface area contributed by atoms with Crippen molar-refractivity contribution in [3.63, 3.8) is 0 Å². The van der Waals surface area contributed by atoms with E-state index >= 15 is 0 Å². The molecule has 3 heteroatoms. The highest BCUT2D eigenvalue weighted by Crippen LogP contribution is 2.22. The van der Waals surface area contributed by atoms with Crippen molar-refractivity contribution in [3.8, 4) is 5.75 Å². The lowest BCUT2D eigenvalue weighted by molar-refractivity contribution is 0.305. The Balaban J connectivity index is 1.93. The van der Waals surface area contributed by atoms with Gasteiger partial charge in [0, 0.05) is 6.54 Å². The van der Waals surface area contributed by atoms with Crippen LogP contribution in [0.3, 0.4) is 0 Å². The third kappa shape index (κ3) is 3.86. The van der Waals surface area contributed by atoms with Crippen LogP contribution in [0.1, 0.15) is 45.2 Å². The molecule has 0 unspecified atom stereocenters. The highest BCUT2D eigenvalue weighted by Gasteiger charge is 2.12. The Hall–Kier alpha value is -1.77. The maximum Gasteiger partial charge on any atom is 0.157 e. The third-order valence-electron chi connectivity index (χ3n) is 3.29. The zero-order chi connectivity index (χ0) is 14.6. The van der Waals surface area contributed by atoms with Crippen molar-refractivity contribution < 1.29 is 4.74 Å². The van der Waals surface area contributed by atoms with Crippen LogP contribution in [0.2, 0.25) is 0 Å². The zero-order valence-corrected chi connectivity index (χ0v) is 12.9. The van der Waals surface area contributed by atoms with Crippen LogP contribution < -0.4 is 4.74 Å². The molecule has 1 heterocycles. The summed E-state index contributed by atoms with van der Waals surface area (Å²) in [4.78, 5) is 0. The Bertz CT molecular complexity index is 535. The second kappa shape index (κ2) is 6.12. The molecule has 0 bridgehead atoms. The largest absolute Gasteiger partial charge is 0.486 e. The van der Waals surface area contributed by atoms with Gasteiger partial charge in [0.25, 0.3) is 0 Å². The number of ether oxygens (including phenoxy) is 1. The van der Waals surface area contributed by atoms with E-state index in [1.807, 2.05) is 10.9 Å². The molecule has 0 aliphatic heterocycles. The van der Waals surface area contributed by atoms with E-state index in [0.717, 1.165) is 18.7 Å². The lowest BCUT2D eigenvalue weighted by Crippen LogP contribution is -2.10. The predicted octanol–water partition coefficient (Wildman–Crippen LogP) is 4.17. The van der Waals surface area contributed by atoms with Crippen molar-refractivity contribution in [3.05, 3.63) is 47.8 Å². The van der Waals surface area contributed by atoms with E-state index in [2.05, 4.69) is 57.1 Å². The Morgan fingerprint density at radius 3 is 2.45 bits per heavy atom. The van der Waals surface area contributed by atoms with Gasteiger partial charge in [-0.3, -0.25) is 4.68 Å². The molecule has 1 aromatic heterocycles. The molecule has 0 saturated carbocycles. The lowest BCUT2D eigenvalue weighted by atomic mass is 9.87. The van der Waals surface area contributed by atoms with Crippen LogP contribution in [0.15, 0.2) is 36.7 Å². The van der Waals surface area contributed by atoms with Gasteiger partial charge in [-0.25, -0.2) is 0 Å². The molecule has 0 aliphatic carbocycles. The number of aromatic nitrogens is 2. The SMILES string of the molecule is CCCn1cc(OCc2ccc(C(C)(C)C)cc2)cn1. The summed E-state index contributed by atoms with van der Waals surface area (Å²) in [7, 11) is 0. The molecular weight excluding hydrogens is 248 g/mol. The van der Waals surface area contributed by atoms with Crippen LogP contribution in [-0.2, 0) is 18.6 Å². The van der Waals surface area contributed by atoms with Gasteiger partial charge in [0.1, 0.15) is 6.61 Å². The highest BCUT2D eigenvalue weighted by molar-refractivity contribution is 5.27. The number of benzene rings is 1. The van der Waals surface area contributed by atoms with Gasteiger partial charge in [-0.05, 0) is 23.0 Å². The maximum absolute atomic E-state index is 5.76. The quantitative estimate of drug-likeness (QED) is 0.817. The summed E-state index contributed by atoms with van der Waals surface area (Å²) in [5, 5.41) is 4.26. The summed E-state index contributed by atoms with van der Waals surface area (Å²) < 4.78 is 7.68. The molecule has 0 atom stereocenters. The molecule has 0 aliphatic rings. The van der Waals surface area contributed by atoms with Crippen LogP contribution in [0.25, 0.3) is 0 Å². The molecule has 2 rings (SSSR count). The summed E-state index contributed by atoms with van der Waals surface area (Å²) in [6, 6.07) is 8.63. The first-order valence-corrected chi connectivity index (χ1v) is 7.23. The van der Waals surface area contributed by atoms with Crippen LogP contribution >= 0.6 is 0 Å². The Morgan fingerprint density at radius 2 is 1.85 bits per heavy atom. The molecule has 0 radical (unpaired) electrons. The van der Waals surface area contributed by atoms with Gasteiger partial charge in [0.05, 0.1) is 12.4 Å². The Labute approximate surface area is 121 Å². The maximum atomic E-state index is 5.76. The van der Waals surface area contributed by atoms with E-state index in [0.29, 0.717) is 6.61 Å². The molecule has 2 aromatic rings. The van der Waals surface area contributed by atoms with Crippen molar-refractivity contribution >= 4 is 0 Å². The Kier molecular flexibility index (Phi) is 4.48. The third-order valence-corrected chi connectivity index (χ3v) is 3.29. The van der Waals surface area contributed by atoms with Crippen molar-refractivity contribution in [1.29, 1.82) is 0 Å². The molecule has 1 aromatic carbocycles. The van der Waals surface area contributed by atoms with Crippen LogP contribution in [-0.4, -0.2) is 9.78 Å². The van der Waals surface area contributed by atoms with Gasteiger partial charge in [0.15, 0.2) is 5.75 Å². The smallest absolute Gasteiger partial charge is 0.157 e. The first kappa shape index (κ1) is 14.6. The lowest BCUT2D eigenvalue weighted by Gasteiger charge is -2.19. The van der Waals surface area contributed by atoms with Crippen LogP contribution in [0.4, 0.5) is 0 Å². The topological polar surface area (TPSA) is 27.1 Å². The van der Waals surface area contributed by atoms with E-state index < -0.39 is 0 Å². The molecule has 0 spiro atoms. The van der Waals surface area contributed by atoms with E-state index in [-0.39, 0.29) is 5.41 Å². The van der Waals surface area contributed by atoms with Gasteiger partial charge >= 0.3 is 0 Å². The van der Waals surface area contributed by atoms with Crippen molar-refractivity contribution in [1.82, 2.24) is 9.78 Å². The van der Waals surface area contributed by atoms with Gasteiger partial charge in [0.2, 0.25) is 0 Å². The summed E-state index contributed by atoms with van der Waals surface area (Å²) in [5.41, 5.74) is 2.72. The minimum Gasteiger partial charge on any atom is -0.486 e. The van der Waals surface area contributed by atoms with E-state index in [1.54, 1.807) is 6.20 Å². The summed E-state index contributed by atoms with van der Waals surface area (Å²) in [5.74, 6) is 0.832. The van der Waals surface area contributed by atoms with Gasteiger partial charge in [-0.1, -0.05) is 52.0 Å². The average Bonchev–Trinajstić information content (AvgIpc) is 2.84. The number of aryl methyl sites for hydroxylation is 1. The van der Waals surface area contributed by atoms with Crippen molar-refractivity contribution in [2.75, 3.05) is 0 Å². The zero-order valence-electron chi connectivity index (χ0n) is 12.9. The van der Waals surface area contributed by atoms with Gasteiger partial charge in [-0.15, -0.1) is 0 Å². The fourth-order valence-electron chi connectivity index (χ4n) is 2.04. The van der Waals surface area contributed by atoms with Crippen LogP contribution in [0.5, 0.6) is 5.75 Å². The van der Waals surface area contributed by atoms with E-state index in [4.69, 9.17) is 4.74 Å². The molecule has 0 N–H and O–H groups in total. The fraction of sp³-hybridized carbons (Fsp3) is 0.471. The molecule has 108 valence electrons. The second-order valence-corrected chi connectivity index (χ2v) is 6.17. The second-order valence-electron chi connectivity index (χ2n) is 6.17. The monoisotopic (exact) mass is 272 g/mol. The fourth-order valence-corrected chi connectivity index (χ4v) is 2.04. The molecule has 3 nitrogen and oxygen atoms in total. The van der Waals surface area contributed by atoms with Crippen molar-refractivity contribution in [2.24, 2.45) is 0 Å². The average molecular weight is 272 g/mol. The standard InChI is InChI=1S/C17H24N2O/c1-5-10-19-12-16(11-18-19)20-13-14-6-8-15(9-7-14)17(2,3)4/h6-9,11-12H,5,10,13H2,1-4H3. The van der Waals surface area contributed by atoms with Crippen LogP contribution in [0, 0.1) is 0 Å². The first-order chi connectivity index (χ1) is 9.49. The molecule has 0 saturated heterocycles. The minimum atomic E-state index is 0.195. The summed E-state index contributed by atoms with van der Waals surface area (Å²) in [6.45, 7) is 10.3. The van der Waals surface area contributed by atoms with E-state index in [1.165, 1.54) is 11.1 Å². The van der Waals surface area contributed by atoms with Crippen molar-refractivity contribution in [2.45, 2.75) is 52.7 Å². The van der Waals surface area contributed by atoms with E-state index in [9.17, 15) is 0 Å². The highest BCUT2D eigenvalue weighted by atomic mass is 16.5. The summed E-state index contributed by atoms with van der Waals surface area (Å²) in [6.07, 6.45) is 4.81. The number of hydrogen-bond acceptors (Lipinski definition) is 2. The number of rotatable bonds is 5. The molecule has 0 amide bonds. The molecule has 0 fully saturated rings. The number of nitrogens with zero attached hydrogens (tertiary/aromatic N) is 2. The number of hydrogen-bond donors (Lipinski definition) is 0. The predicted molar refractivity (Wildman–Crippen MR) is 82.0 cm³/mol.